The summed E-state index contributed by atoms with van der Waals surface area (Å²) >= 11 is 0. The number of benzene rings is 2. The number of sulfonamides is 1. The molecule has 2 aromatic rings. The van der Waals surface area contributed by atoms with Gasteiger partial charge in [0, 0.05) is 42.1 Å². The van der Waals surface area contributed by atoms with E-state index in [0.717, 1.165) is 10.4 Å². The lowest BCUT2D eigenvalue weighted by atomic mass is 9.83. The van der Waals surface area contributed by atoms with Crippen LogP contribution in [-0.4, -0.2) is 81.7 Å². The Bertz CT molecular complexity index is 1510. The molecule has 206 valence electrons. The number of amides is 1. The smallest absolute Gasteiger partial charge is 0.326 e. The van der Waals surface area contributed by atoms with Gasteiger partial charge in [-0.3, -0.25) is 19.2 Å². The number of hydrogen-bond donors (Lipinski definition) is 5. The van der Waals surface area contributed by atoms with Gasteiger partial charge in [0.15, 0.2) is 23.1 Å². The first-order valence-corrected chi connectivity index (χ1v) is 13.3. The van der Waals surface area contributed by atoms with Crippen LogP contribution in [0.4, 0.5) is 0 Å². The van der Waals surface area contributed by atoms with Crippen molar-refractivity contribution in [3.8, 4) is 11.5 Å². The molecule has 1 fully saturated rings. The Morgan fingerprint density at radius 3 is 2.10 bits per heavy atom. The van der Waals surface area contributed by atoms with Crippen LogP contribution in [0, 0.1) is 5.92 Å². The van der Waals surface area contributed by atoms with Gasteiger partial charge in [-0.05, 0) is 25.3 Å². The van der Waals surface area contributed by atoms with Crippen molar-refractivity contribution in [1.29, 1.82) is 0 Å². The maximum atomic E-state index is 13.4. The maximum Gasteiger partial charge on any atom is 0.326 e. The molecule has 5 N–H and O–H groups in total. The largest absolute Gasteiger partial charge is 0.504 e. The van der Waals surface area contributed by atoms with E-state index in [1.165, 1.54) is 24.3 Å². The van der Waals surface area contributed by atoms with Crippen molar-refractivity contribution in [2.45, 2.75) is 36.6 Å². The summed E-state index contributed by atoms with van der Waals surface area (Å²) in [6, 6.07) is 5.25. The Labute approximate surface area is 221 Å². The molecule has 0 unspecified atom stereocenters. The summed E-state index contributed by atoms with van der Waals surface area (Å²) in [4.78, 5) is 59.8. The second-order valence-corrected chi connectivity index (χ2v) is 11.1. The lowest BCUT2D eigenvalue weighted by Crippen LogP contribution is -2.47. The number of carbonyl (C=O) groups is 5. The quantitative estimate of drug-likeness (QED) is 0.242. The Morgan fingerprint density at radius 2 is 1.54 bits per heavy atom. The third-order valence-corrected chi connectivity index (χ3v) is 8.74. The van der Waals surface area contributed by atoms with Gasteiger partial charge in [-0.25, -0.2) is 13.2 Å². The molecular formula is C25H24N2O11S. The van der Waals surface area contributed by atoms with Crippen LogP contribution in [0.15, 0.2) is 35.2 Å². The number of carboxylic acid groups (broad SMARTS) is 2. The first-order chi connectivity index (χ1) is 18.3. The number of aliphatic carboxylic acids is 2. The van der Waals surface area contributed by atoms with Gasteiger partial charge in [-0.1, -0.05) is 24.3 Å². The fraction of sp³-hybridized carbons (Fsp3) is 0.320. The van der Waals surface area contributed by atoms with Crippen LogP contribution in [0.25, 0.3) is 0 Å². The molecule has 0 bridgehead atoms. The highest BCUT2D eigenvalue weighted by Gasteiger charge is 2.39. The number of nitrogens with zero attached hydrogens (tertiary/aromatic N) is 1. The third-order valence-electron chi connectivity index (χ3n) is 6.83. The first-order valence-electron chi connectivity index (χ1n) is 11.9. The predicted octanol–water partition coefficient (Wildman–Crippen LogP) is 0.708. The van der Waals surface area contributed by atoms with Crippen LogP contribution in [0.3, 0.4) is 0 Å². The van der Waals surface area contributed by atoms with E-state index >= 15 is 0 Å². The maximum absolute atomic E-state index is 13.4. The standard InChI is InChI=1S/C25H24N2O11S/c28-18(29)6-5-16(25(35)36)26-24(34)12-7-9-27(10-8-12)39(37,38)17-11-15-19(23(33)22(17)32)21(31)14-4-2-1-3-13(14)20(15)30/h1-4,11-12,16,32-33H,5-10H2,(H,26,34)(H,28,29)(H,35,36)/t16-/m0/s1. The molecule has 0 aromatic heterocycles. The molecule has 0 spiro atoms. The predicted molar refractivity (Wildman–Crippen MR) is 131 cm³/mol. The zero-order valence-corrected chi connectivity index (χ0v) is 21.1. The van der Waals surface area contributed by atoms with Crippen molar-refractivity contribution >= 4 is 39.4 Å². The molecular weight excluding hydrogens is 536 g/mol. The van der Waals surface area contributed by atoms with E-state index < -0.39 is 79.8 Å². The summed E-state index contributed by atoms with van der Waals surface area (Å²) in [5.74, 6) is -7.61. The number of piperidine rings is 1. The second kappa shape index (κ2) is 10.5. The summed E-state index contributed by atoms with van der Waals surface area (Å²) < 4.78 is 27.7. The normalized spacial score (nSPS) is 16.7. The van der Waals surface area contributed by atoms with Gasteiger partial charge in [0.1, 0.15) is 10.9 Å². The van der Waals surface area contributed by atoms with E-state index in [-0.39, 0.29) is 49.0 Å². The Balaban J connectivity index is 1.54. The summed E-state index contributed by atoms with van der Waals surface area (Å²) in [6.45, 7) is -0.416. The molecule has 1 amide bonds. The van der Waals surface area contributed by atoms with E-state index in [4.69, 9.17) is 5.11 Å². The second-order valence-electron chi connectivity index (χ2n) is 9.21. The van der Waals surface area contributed by atoms with Gasteiger partial charge in [-0.2, -0.15) is 4.31 Å². The number of hydrogen-bond acceptors (Lipinski definition) is 9. The Hall–Kier alpha value is -4.30. The fourth-order valence-electron chi connectivity index (χ4n) is 4.71. The number of phenolic OH excluding ortho intramolecular Hbond substituents is 2. The number of ketones is 2. The van der Waals surface area contributed by atoms with Crippen molar-refractivity contribution in [3.05, 3.63) is 52.6 Å². The number of phenols is 2. The molecule has 1 aliphatic heterocycles. The van der Waals surface area contributed by atoms with Crippen molar-refractivity contribution in [1.82, 2.24) is 9.62 Å². The van der Waals surface area contributed by atoms with Crippen molar-refractivity contribution in [2.75, 3.05) is 13.1 Å². The van der Waals surface area contributed by atoms with Crippen molar-refractivity contribution < 1.29 is 52.8 Å². The average Bonchev–Trinajstić information content (AvgIpc) is 2.90. The van der Waals surface area contributed by atoms with Crippen molar-refractivity contribution in [3.63, 3.8) is 0 Å². The van der Waals surface area contributed by atoms with Crippen LogP contribution < -0.4 is 5.32 Å². The lowest BCUT2D eigenvalue weighted by molar-refractivity contribution is -0.143. The Morgan fingerprint density at radius 1 is 0.949 bits per heavy atom. The number of nitrogens with one attached hydrogen (secondary N) is 1. The molecule has 0 saturated carbocycles. The fourth-order valence-corrected chi connectivity index (χ4v) is 6.29. The number of carbonyl (C=O) groups excluding carboxylic acids is 3. The van der Waals surface area contributed by atoms with Gasteiger partial charge in [0.25, 0.3) is 0 Å². The Kier molecular flexibility index (Phi) is 7.44. The van der Waals surface area contributed by atoms with Gasteiger partial charge in [-0.15, -0.1) is 0 Å². The summed E-state index contributed by atoms with van der Waals surface area (Å²) in [5.41, 5.74) is -0.837. The zero-order chi connectivity index (χ0) is 28.6. The highest BCUT2D eigenvalue weighted by atomic mass is 32.2. The van der Waals surface area contributed by atoms with Gasteiger partial charge >= 0.3 is 11.9 Å². The van der Waals surface area contributed by atoms with Crippen molar-refractivity contribution in [2.24, 2.45) is 5.92 Å². The molecule has 14 heteroatoms. The average molecular weight is 561 g/mol. The SMILES string of the molecule is O=C(O)CC[C@H](NC(=O)C1CCN(S(=O)(=O)c2cc3c(c(O)c2O)C(=O)c2ccccc2C3=O)CC1)C(=O)O. The van der Waals surface area contributed by atoms with Gasteiger partial charge < -0.3 is 25.7 Å². The summed E-state index contributed by atoms with van der Waals surface area (Å²) in [5, 5.41) is 41.4. The lowest BCUT2D eigenvalue weighted by Gasteiger charge is -2.31. The number of fused-ring (bicyclic) bond motifs is 2. The first kappa shape index (κ1) is 27.7. The molecule has 2 aromatic carbocycles. The monoisotopic (exact) mass is 560 g/mol. The van der Waals surface area contributed by atoms with E-state index in [1.54, 1.807) is 0 Å². The third kappa shape index (κ3) is 5.07. The van der Waals surface area contributed by atoms with Gasteiger partial charge in [0.05, 0.1) is 5.56 Å². The zero-order valence-electron chi connectivity index (χ0n) is 20.3. The number of aromatic hydroxyl groups is 2. The molecule has 4 rings (SSSR count). The highest BCUT2D eigenvalue weighted by molar-refractivity contribution is 7.89. The van der Waals surface area contributed by atoms with E-state index in [2.05, 4.69) is 5.32 Å². The minimum absolute atomic E-state index is 0.00810. The highest BCUT2D eigenvalue weighted by Crippen LogP contribution is 2.43. The molecule has 1 aliphatic carbocycles. The van der Waals surface area contributed by atoms with E-state index in [1.807, 2.05) is 0 Å². The van der Waals surface area contributed by atoms with E-state index in [9.17, 15) is 47.7 Å². The van der Waals surface area contributed by atoms with E-state index in [0.29, 0.717) is 0 Å². The number of carboxylic acids is 2. The number of rotatable bonds is 8. The minimum atomic E-state index is -4.50. The molecule has 13 nitrogen and oxygen atoms in total. The minimum Gasteiger partial charge on any atom is -0.504 e. The summed E-state index contributed by atoms with van der Waals surface area (Å²) in [6.07, 6.45) is -0.821. The van der Waals surface area contributed by atoms with Crippen LogP contribution in [0.2, 0.25) is 0 Å². The molecule has 1 atom stereocenters. The summed E-state index contributed by atoms with van der Waals surface area (Å²) in [7, 11) is -4.50. The molecule has 39 heavy (non-hydrogen) atoms. The molecule has 0 radical (unpaired) electrons. The van der Waals surface area contributed by atoms with Crippen LogP contribution in [0.1, 0.15) is 57.5 Å². The topological polar surface area (TPSA) is 216 Å². The van der Waals surface area contributed by atoms with Crippen LogP contribution in [-0.2, 0) is 24.4 Å². The van der Waals surface area contributed by atoms with Crippen LogP contribution >= 0.6 is 0 Å². The van der Waals surface area contributed by atoms with Gasteiger partial charge in [0.2, 0.25) is 15.9 Å². The molecule has 1 saturated heterocycles. The molecule has 1 heterocycles. The molecule has 2 aliphatic rings. The van der Waals surface area contributed by atoms with Crippen LogP contribution in [0.5, 0.6) is 11.5 Å².